The van der Waals surface area contributed by atoms with E-state index in [4.69, 9.17) is 0 Å². The molecule has 2 amide bonds. The lowest BCUT2D eigenvalue weighted by Crippen LogP contribution is -2.49. The van der Waals surface area contributed by atoms with Crippen LogP contribution in [0, 0.1) is 11.8 Å². The van der Waals surface area contributed by atoms with Crippen LogP contribution in [0.1, 0.15) is 52.4 Å². The van der Waals surface area contributed by atoms with Gasteiger partial charge >= 0.3 is 6.03 Å². The molecule has 1 saturated heterocycles. The number of hydrogen-bond acceptors (Lipinski definition) is 3. The van der Waals surface area contributed by atoms with Crippen molar-refractivity contribution in [3.63, 3.8) is 0 Å². The smallest absolute Gasteiger partial charge is 0.317 e. The molecule has 1 aliphatic carbocycles. The molecule has 1 aliphatic heterocycles. The largest absolute Gasteiger partial charge is 0.393 e. The predicted molar refractivity (Wildman–Crippen MR) is 93.4 cm³/mol. The first-order valence-corrected chi connectivity index (χ1v) is 9.38. The number of hydrogen-bond donors (Lipinski definition) is 2. The lowest BCUT2D eigenvalue weighted by Gasteiger charge is -2.35. The third-order valence-electron chi connectivity index (χ3n) is 5.71. The number of rotatable bonds is 5. The monoisotopic (exact) mass is 325 g/mol. The van der Waals surface area contributed by atoms with E-state index in [9.17, 15) is 9.90 Å². The van der Waals surface area contributed by atoms with Crippen molar-refractivity contribution in [1.82, 2.24) is 15.1 Å². The first kappa shape index (κ1) is 18.5. The second-order valence-electron chi connectivity index (χ2n) is 7.75. The summed E-state index contributed by atoms with van der Waals surface area (Å²) in [6, 6.07) is 0.375. The third kappa shape index (κ3) is 5.64. The van der Waals surface area contributed by atoms with Gasteiger partial charge in [-0.2, -0.15) is 0 Å². The van der Waals surface area contributed by atoms with Gasteiger partial charge in [-0.25, -0.2) is 4.79 Å². The Morgan fingerprint density at radius 1 is 1.26 bits per heavy atom. The van der Waals surface area contributed by atoms with Crippen LogP contribution in [-0.4, -0.2) is 66.3 Å². The molecule has 0 aromatic rings. The minimum absolute atomic E-state index is 0.0139. The summed E-state index contributed by atoms with van der Waals surface area (Å²) in [5.41, 5.74) is 0. The van der Waals surface area contributed by atoms with Crippen LogP contribution in [0.3, 0.4) is 0 Å². The van der Waals surface area contributed by atoms with Crippen molar-refractivity contribution in [3.05, 3.63) is 0 Å². The number of carbonyl (C=O) groups is 1. The van der Waals surface area contributed by atoms with Crippen molar-refractivity contribution >= 4 is 6.03 Å². The molecule has 1 saturated carbocycles. The molecule has 5 heteroatoms. The highest BCUT2D eigenvalue weighted by atomic mass is 16.3. The summed E-state index contributed by atoms with van der Waals surface area (Å²) in [4.78, 5) is 16.5. The van der Waals surface area contributed by atoms with Gasteiger partial charge in [0, 0.05) is 32.1 Å². The summed E-state index contributed by atoms with van der Waals surface area (Å²) in [5, 5.41) is 13.1. The number of likely N-dealkylation sites (tertiary alicyclic amines) is 1. The number of aliphatic hydroxyl groups is 1. The molecule has 3 atom stereocenters. The van der Waals surface area contributed by atoms with Crippen LogP contribution in [0.25, 0.3) is 0 Å². The summed E-state index contributed by atoms with van der Waals surface area (Å²) < 4.78 is 0. The Bertz CT molecular complexity index is 369. The number of nitrogens with zero attached hydrogens (tertiary/aromatic N) is 2. The van der Waals surface area contributed by atoms with Crippen LogP contribution >= 0.6 is 0 Å². The molecule has 0 radical (unpaired) electrons. The minimum atomic E-state index is -0.242. The van der Waals surface area contributed by atoms with E-state index in [1.165, 1.54) is 19.3 Å². The fourth-order valence-electron chi connectivity index (χ4n) is 3.80. The van der Waals surface area contributed by atoms with E-state index in [2.05, 4.69) is 24.1 Å². The van der Waals surface area contributed by atoms with Gasteiger partial charge in [0.05, 0.1) is 6.10 Å². The van der Waals surface area contributed by atoms with Crippen molar-refractivity contribution < 1.29 is 9.90 Å². The fraction of sp³-hybridized carbons (Fsp3) is 0.944. The van der Waals surface area contributed by atoms with Crippen LogP contribution in [0.2, 0.25) is 0 Å². The standard InChI is InChI=1S/C18H35N3O2/c1-14-8-10-21(11-9-14)15(2)12-19-18(23)20(3)13-16-6-4-5-7-17(16)22/h14-17,22H,4-13H2,1-3H3,(H,19,23). The maximum absolute atomic E-state index is 12.3. The average molecular weight is 325 g/mol. The number of aliphatic hydroxyl groups excluding tert-OH is 1. The number of carbonyl (C=O) groups excluding carboxylic acids is 1. The minimum Gasteiger partial charge on any atom is -0.393 e. The summed E-state index contributed by atoms with van der Waals surface area (Å²) in [6.45, 7) is 8.15. The van der Waals surface area contributed by atoms with Crippen molar-refractivity contribution in [1.29, 1.82) is 0 Å². The Labute approximate surface area is 141 Å². The average Bonchev–Trinajstić information content (AvgIpc) is 2.55. The normalized spacial score (nSPS) is 28.3. The zero-order chi connectivity index (χ0) is 16.8. The molecule has 3 unspecified atom stereocenters. The van der Waals surface area contributed by atoms with E-state index < -0.39 is 0 Å². The number of piperidine rings is 1. The maximum atomic E-state index is 12.3. The van der Waals surface area contributed by atoms with Gasteiger partial charge in [-0.15, -0.1) is 0 Å². The Morgan fingerprint density at radius 2 is 1.91 bits per heavy atom. The lowest BCUT2D eigenvalue weighted by atomic mass is 9.86. The Balaban J connectivity index is 1.68. The van der Waals surface area contributed by atoms with Gasteiger partial charge in [0.15, 0.2) is 0 Å². The van der Waals surface area contributed by atoms with Gasteiger partial charge in [0.1, 0.15) is 0 Å². The highest BCUT2D eigenvalue weighted by Crippen LogP contribution is 2.24. The molecule has 5 nitrogen and oxygen atoms in total. The maximum Gasteiger partial charge on any atom is 0.317 e. The Morgan fingerprint density at radius 3 is 2.57 bits per heavy atom. The Hall–Kier alpha value is -0.810. The lowest BCUT2D eigenvalue weighted by molar-refractivity contribution is 0.0562. The number of nitrogens with one attached hydrogen (secondary N) is 1. The van der Waals surface area contributed by atoms with Gasteiger partial charge in [0.25, 0.3) is 0 Å². The topological polar surface area (TPSA) is 55.8 Å². The molecule has 1 heterocycles. The van der Waals surface area contributed by atoms with Crippen molar-refractivity contribution in [2.75, 3.05) is 33.2 Å². The van der Waals surface area contributed by atoms with Crippen LogP contribution in [0.4, 0.5) is 4.79 Å². The van der Waals surface area contributed by atoms with Crippen molar-refractivity contribution in [2.24, 2.45) is 11.8 Å². The van der Waals surface area contributed by atoms with Gasteiger partial charge in [-0.3, -0.25) is 4.90 Å². The second kappa shape index (κ2) is 8.88. The van der Waals surface area contributed by atoms with Crippen molar-refractivity contribution in [2.45, 2.75) is 64.5 Å². The van der Waals surface area contributed by atoms with Crippen LogP contribution < -0.4 is 5.32 Å². The van der Waals surface area contributed by atoms with Crippen LogP contribution in [0.5, 0.6) is 0 Å². The second-order valence-corrected chi connectivity index (χ2v) is 7.75. The molecule has 2 fully saturated rings. The van der Waals surface area contributed by atoms with E-state index in [0.29, 0.717) is 19.1 Å². The summed E-state index contributed by atoms with van der Waals surface area (Å²) in [5.74, 6) is 1.07. The Kier molecular flexibility index (Phi) is 7.15. The molecule has 0 bridgehead atoms. The highest BCUT2D eigenvalue weighted by molar-refractivity contribution is 5.73. The number of urea groups is 1. The molecular formula is C18H35N3O2. The molecule has 134 valence electrons. The quantitative estimate of drug-likeness (QED) is 0.815. The van der Waals surface area contributed by atoms with Gasteiger partial charge in [0.2, 0.25) is 0 Å². The first-order chi connectivity index (χ1) is 11.0. The van der Waals surface area contributed by atoms with Crippen molar-refractivity contribution in [3.8, 4) is 0 Å². The number of amides is 2. The molecule has 0 spiro atoms. The van der Waals surface area contributed by atoms with Gasteiger partial charge in [-0.1, -0.05) is 19.8 Å². The van der Waals surface area contributed by atoms with E-state index in [1.807, 2.05) is 7.05 Å². The predicted octanol–water partition coefficient (Wildman–Crippen LogP) is 2.30. The molecule has 2 rings (SSSR count). The molecule has 0 aromatic heterocycles. The van der Waals surface area contributed by atoms with Gasteiger partial charge < -0.3 is 15.3 Å². The van der Waals surface area contributed by atoms with Gasteiger partial charge in [-0.05, 0) is 51.6 Å². The molecule has 23 heavy (non-hydrogen) atoms. The zero-order valence-corrected chi connectivity index (χ0v) is 15.1. The summed E-state index contributed by atoms with van der Waals surface area (Å²) in [7, 11) is 1.84. The third-order valence-corrected chi connectivity index (χ3v) is 5.71. The molecular weight excluding hydrogens is 290 g/mol. The van der Waals surface area contributed by atoms with E-state index in [-0.39, 0.29) is 18.1 Å². The van der Waals surface area contributed by atoms with Crippen LogP contribution in [0.15, 0.2) is 0 Å². The van der Waals surface area contributed by atoms with E-state index >= 15 is 0 Å². The highest BCUT2D eigenvalue weighted by Gasteiger charge is 2.26. The zero-order valence-electron chi connectivity index (χ0n) is 15.1. The SMILES string of the molecule is CC1CCN(C(C)CNC(=O)N(C)CC2CCCCC2O)CC1. The summed E-state index contributed by atoms with van der Waals surface area (Å²) >= 11 is 0. The summed E-state index contributed by atoms with van der Waals surface area (Å²) in [6.07, 6.45) is 6.47. The van der Waals surface area contributed by atoms with Crippen LogP contribution in [-0.2, 0) is 0 Å². The molecule has 2 N–H and O–H groups in total. The van der Waals surface area contributed by atoms with E-state index in [1.54, 1.807) is 4.90 Å². The molecule has 2 aliphatic rings. The first-order valence-electron chi connectivity index (χ1n) is 9.38. The fourth-order valence-corrected chi connectivity index (χ4v) is 3.80. The molecule has 0 aromatic carbocycles. The van der Waals surface area contributed by atoms with E-state index in [0.717, 1.165) is 38.3 Å².